The molecule has 0 unspecified atom stereocenters. The van der Waals surface area contributed by atoms with Crippen LogP contribution in [-0.4, -0.2) is 15.7 Å². The van der Waals surface area contributed by atoms with E-state index in [1.807, 2.05) is 0 Å². The van der Waals surface area contributed by atoms with Gasteiger partial charge in [0.1, 0.15) is 12.0 Å². The second kappa shape index (κ2) is 4.38. The molecular formula is C11H14N2O3. The van der Waals surface area contributed by atoms with Crippen LogP contribution in [0.3, 0.4) is 0 Å². The van der Waals surface area contributed by atoms with E-state index in [2.05, 4.69) is 4.98 Å². The smallest absolute Gasteiger partial charge is 0.291 e. The molecule has 1 heterocycles. The van der Waals surface area contributed by atoms with E-state index in [9.17, 15) is 14.9 Å². The summed E-state index contributed by atoms with van der Waals surface area (Å²) in [7, 11) is 0. The molecule has 0 saturated carbocycles. The Hall–Kier alpha value is -1.78. The molecule has 1 rings (SSSR count). The van der Waals surface area contributed by atoms with E-state index in [-0.39, 0.29) is 17.9 Å². The minimum Gasteiger partial charge on any atom is -0.299 e. The molecular weight excluding hydrogens is 208 g/mol. The number of pyridine rings is 1. The fraction of sp³-hybridized carbons (Fsp3) is 0.455. The van der Waals surface area contributed by atoms with E-state index in [0.29, 0.717) is 5.56 Å². The average Bonchev–Trinajstić information content (AvgIpc) is 2.16. The third kappa shape index (κ3) is 2.85. The van der Waals surface area contributed by atoms with Crippen LogP contribution in [-0.2, 0) is 11.2 Å². The monoisotopic (exact) mass is 222 g/mol. The van der Waals surface area contributed by atoms with E-state index in [1.165, 1.54) is 18.5 Å². The average molecular weight is 222 g/mol. The van der Waals surface area contributed by atoms with Gasteiger partial charge in [-0.25, -0.2) is 0 Å². The lowest BCUT2D eigenvalue weighted by molar-refractivity contribution is -0.385. The Morgan fingerprint density at radius 2 is 2.12 bits per heavy atom. The molecule has 86 valence electrons. The lowest BCUT2D eigenvalue weighted by Crippen LogP contribution is -2.22. The first-order valence-electron chi connectivity index (χ1n) is 4.93. The molecule has 5 heteroatoms. The number of nitrogens with zero attached hydrogens (tertiary/aromatic N) is 2. The topological polar surface area (TPSA) is 73.1 Å². The van der Waals surface area contributed by atoms with Gasteiger partial charge < -0.3 is 0 Å². The molecule has 0 aliphatic rings. The van der Waals surface area contributed by atoms with Gasteiger partial charge >= 0.3 is 0 Å². The van der Waals surface area contributed by atoms with Gasteiger partial charge in [-0.05, 0) is 6.07 Å². The van der Waals surface area contributed by atoms with Gasteiger partial charge in [0.15, 0.2) is 0 Å². The molecule has 0 radical (unpaired) electrons. The lowest BCUT2D eigenvalue weighted by Gasteiger charge is -2.16. The maximum Gasteiger partial charge on any atom is 0.291 e. The summed E-state index contributed by atoms with van der Waals surface area (Å²) in [5, 5.41) is 10.7. The van der Waals surface area contributed by atoms with Crippen molar-refractivity contribution in [1.29, 1.82) is 0 Å². The Balaban J connectivity index is 2.98. The fourth-order valence-corrected chi connectivity index (χ4v) is 1.17. The van der Waals surface area contributed by atoms with Crippen LogP contribution in [0.15, 0.2) is 18.5 Å². The maximum absolute atomic E-state index is 11.8. The zero-order valence-electron chi connectivity index (χ0n) is 9.56. The molecule has 16 heavy (non-hydrogen) atoms. The molecule has 0 saturated heterocycles. The SMILES string of the molecule is CC(C)(C)C(=O)Cc1ccncc1[N+](=O)[O-]. The summed E-state index contributed by atoms with van der Waals surface area (Å²) < 4.78 is 0. The van der Waals surface area contributed by atoms with Gasteiger partial charge in [0.2, 0.25) is 0 Å². The predicted molar refractivity (Wildman–Crippen MR) is 59.1 cm³/mol. The molecule has 0 atom stereocenters. The molecule has 0 bridgehead atoms. The highest BCUT2D eigenvalue weighted by atomic mass is 16.6. The zero-order chi connectivity index (χ0) is 12.3. The number of ketones is 1. The highest BCUT2D eigenvalue weighted by Gasteiger charge is 2.24. The standard InChI is InChI=1S/C11H14N2O3/c1-11(2,3)10(14)6-8-4-5-12-7-9(8)13(15)16/h4-5,7H,6H2,1-3H3. The summed E-state index contributed by atoms with van der Waals surface area (Å²) >= 11 is 0. The summed E-state index contributed by atoms with van der Waals surface area (Å²) in [4.78, 5) is 25.6. The van der Waals surface area contributed by atoms with Crippen LogP contribution in [0.25, 0.3) is 0 Å². The first-order chi connectivity index (χ1) is 7.32. The molecule has 0 fully saturated rings. The number of rotatable bonds is 3. The third-order valence-corrected chi connectivity index (χ3v) is 2.27. The molecule has 0 N–H and O–H groups in total. The van der Waals surface area contributed by atoms with Crippen LogP contribution >= 0.6 is 0 Å². The molecule has 5 nitrogen and oxygen atoms in total. The van der Waals surface area contributed by atoms with Gasteiger partial charge in [-0.15, -0.1) is 0 Å². The van der Waals surface area contributed by atoms with Gasteiger partial charge in [0, 0.05) is 23.6 Å². The summed E-state index contributed by atoms with van der Waals surface area (Å²) in [6.45, 7) is 5.38. The number of carbonyl (C=O) groups is 1. The number of aromatic nitrogens is 1. The largest absolute Gasteiger partial charge is 0.299 e. The number of carbonyl (C=O) groups excluding carboxylic acids is 1. The van der Waals surface area contributed by atoms with Gasteiger partial charge in [0.25, 0.3) is 5.69 Å². The van der Waals surface area contributed by atoms with Crippen molar-refractivity contribution in [1.82, 2.24) is 4.98 Å². The van der Waals surface area contributed by atoms with Crippen molar-refractivity contribution < 1.29 is 9.72 Å². The third-order valence-electron chi connectivity index (χ3n) is 2.27. The van der Waals surface area contributed by atoms with Crippen LogP contribution in [0.4, 0.5) is 5.69 Å². The van der Waals surface area contributed by atoms with Crippen molar-refractivity contribution in [2.45, 2.75) is 27.2 Å². The number of nitro groups is 1. The summed E-state index contributed by atoms with van der Waals surface area (Å²) in [5.41, 5.74) is -0.169. The highest BCUT2D eigenvalue weighted by Crippen LogP contribution is 2.22. The van der Waals surface area contributed by atoms with Gasteiger partial charge in [-0.1, -0.05) is 20.8 Å². The molecule has 0 aliphatic heterocycles. The molecule has 0 aromatic carbocycles. The Kier molecular flexibility index (Phi) is 3.37. The molecule has 0 amide bonds. The second-order valence-corrected chi connectivity index (χ2v) is 4.61. The minimum atomic E-state index is -0.516. The normalized spacial score (nSPS) is 11.2. The van der Waals surface area contributed by atoms with E-state index < -0.39 is 10.3 Å². The van der Waals surface area contributed by atoms with Crippen molar-refractivity contribution >= 4 is 11.5 Å². The number of hydrogen-bond donors (Lipinski definition) is 0. The van der Waals surface area contributed by atoms with Crippen LogP contribution in [0, 0.1) is 15.5 Å². The minimum absolute atomic E-state index is 0.0261. The molecule has 0 spiro atoms. The van der Waals surface area contributed by atoms with Crippen molar-refractivity contribution in [2.75, 3.05) is 0 Å². The van der Waals surface area contributed by atoms with Crippen molar-refractivity contribution in [3.63, 3.8) is 0 Å². The van der Waals surface area contributed by atoms with Crippen molar-refractivity contribution in [2.24, 2.45) is 5.41 Å². The Morgan fingerprint density at radius 1 is 1.50 bits per heavy atom. The highest BCUT2D eigenvalue weighted by molar-refractivity contribution is 5.86. The number of Topliss-reactive ketones (excluding diaryl/α,β-unsaturated/α-hetero) is 1. The van der Waals surface area contributed by atoms with Crippen LogP contribution in [0.1, 0.15) is 26.3 Å². The van der Waals surface area contributed by atoms with Crippen molar-refractivity contribution in [3.8, 4) is 0 Å². The first kappa shape index (κ1) is 12.3. The van der Waals surface area contributed by atoms with Crippen LogP contribution in [0.2, 0.25) is 0 Å². The van der Waals surface area contributed by atoms with E-state index in [4.69, 9.17) is 0 Å². The Bertz CT molecular complexity index is 421. The molecule has 1 aromatic heterocycles. The number of hydrogen-bond acceptors (Lipinski definition) is 4. The first-order valence-corrected chi connectivity index (χ1v) is 4.93. The van der Waals surface area contributed by atoms with Crippen molar-refractivity contribution in [3.05, 3.63) is 34.1 Å². The lowest BCUT2D eigenvalue weighted by atomic mass is 9.87. The Labute approximate surface area is 93.7 Å². The van der Waals surface area contributed by atoms with Gasteiger partial charge in [-0.2, -0.15) is 0 Å². The van der Waals surface area contributed by atoms with Gasteiger partial charge in [0.05, 0.1) is 4.92 Å². The Morgan fingerprint density at radius 3 is 2.62 bits per heavy atom. The van der Waals surface area contributed by atoms with Gasteiger partial charge in [-0.3, -0.25) is 19.9 Å². The van der Waals surface area contributed by atoms with E-state index >= 15 is 0 Å². The fourth-order valence-electron chi connectivity index (χ4n) is 1.17. The summed E-state index contributed by atoms with van der Waals surface area (Å²) in [6, 6.07) is 1.52. The molecule has 0 aliphatic carbocycles. The van der Waals surface area contributed by atoms with Crippen LogP contribution < -0.4 is 0 Å². The second-order valence-electron chi connectivity index (χ2n) is 4.61. The maximum atomic E-state index is 11.8. The zero-order valence-corrected chi connectivity index (χ0v) is 9.56. The van der Waals surface area contributed by atoms with E-state index in [0.717, 1.165) is 0 Å². The van der Waals surface area contributed by atoms with Crippen LogP contribution in [0.5, 0.6) is 0 Å². The summed E-state index contributed by atoms with van der Waals surface area (Å²) in [5.74, 6) is -0.0261. The summed E-state index contributed by atoms with van der Waals surface area (Å²) in [6.07, 6.45) is 2.70. The quantitative estimate of drug-likeness (QED) is 0.580. The molecule has 1 aromatic rings. The predicted octanol–water partition coefficient (Wildman–Crippen LogP) is 2.15. The van der Waals surface area contributed by atoms with E-state index in [1.54, 1.807) is 20.8 Å².